The van der Waals surface area contributed by atoms with Crippen molar-refractivity contribution in [1.82, 2.24) is 4.90 Å². The zero-order valence-corrected chi connectivity index (χ0v) is 11.2. The predicted octanol–water partition coefficient (Wildman–Crippen LogP) is 1.27. The Morgan fingerprint density at radius 1 is 1.29 bits per heavy atom. The molecular formula is C11H17FN2O2S. The summed E-state index contributed by atoms with van der Waals surface area (Å²) >= 11 is 0. The lowest BCUT2D eigenvalue weighted by Gasteiger charge is -2.33. The highest BCUT2D eigenvalue weighted by atomic mass is 32.2. The third-order valence-corrected chi connectivity index (χ3v) is 3.96. The predicted molar refractivity (Wildman–Crippen MR) is 64.5 cm³/mol. The Balaban J connectivity index is 3.34. The molecule has 0 aliphatic heterocycles. The molecule has 0 fully saturated rings. The van der Waals surface area contributed by atoms with Crippen LogP contribution in [0.2, 0.25) is 0 Å². The lowest BCUT2D eigenvalue weighted by molar-refractivity contribution is 0.191. The van der Waals surface area contributed by atoms with Crippen LogP contribution in [0.4, 0.5) is 4.39 Å². The molecule has 0 saturated heterocycles. The van der Waals surface area contributed by atoms with E-state index in [2.05, 4.69) is 0 Å². The fourth-order valence-corrected chi connectivity index (χ4v) is 1.94. The molecule has 0 aromatic heterocycles. The molecule has 0 spiro atoms. The molecule has 0 radical (unpaired) electrons. The summed E-state index contributed by atoms with van der Waals surface area (Å²) in [5.41, 5.74) is -0.101. The first-order valence-electron chi connectivity index (χ1n) is 5.07. The number of benzene rings is 1. The summed E-state index contributed by atoms with van der Waals surface area (Å²) in [7, 11) is -0.209. The number of nitrogens with zero attached hydrogens (tertiary/aromatic N) is 1. The van der Waals surface area contributed by atoms with Gasteiger partial charge in [0.05, 0.1) is 4.90 Å². The Bertz CT molecular complexity index is 524. The maximum atomic E-state index is 13.9. The number of rotatable bonds is 3. The fourth-order valence-electron chi connectivity index (χ4n) is 1.41. The van der Waals surface area contributed by atoms with Crippen LogP contribution < -0.4 is 5.14 Å². The van der Waals surface area contributed by atoms with Crippen LogP contribution in [0.25, 0.3) is 0 Å². The lowest BCUT2D eigenvalue weighted by Crippen LogP contribution is -2.36. The number of primary sulfonamides is 1. The van der Waals surface area contributed by atoms with E-state index in [1.807, 2.05) is 32.8 Å². The average molecular weight is 260 g/mol. The zero-order chi connectivity index (χ0) is 13.4. The van der Waals surface area contributed by atoms with E-state index >= 15 is 0 Å². The van der Waals surface area contributed by atoms with Gasteiger partial charge in [0.15, 0.2) is 0 Å². The second-order valence-electron chi connectivity index (χ2n) is 4.64. The second kappa shape index (κ2) is 4.36. The maximum Gasteiger partial charge on any atom is 0.238 e. The van der Waals surface area contributed by atoms with Crippen LogP contribution in [-0.2, 0) is 15.6 Å². The molecule has 1 aromatic carbocycles. The number of hydrogen-bond acceptors (Lipinski definition) is 3. The van der Waals surface area contributed by atoms with Crippen molar-refractivity contribution in [3.63, 3.8) is 0 Å². The molecule has 1 rings (SSSR count). The summed E-state index contributed by atoms with van der Waals surface area (Å²) in [6.45, 7) is 3.70. The molecule has 0 atom stereocenters. The van der Waals surface area contributed by atoms with Crippen LogP contribution in [0.3, 0.4) is 0 Å². The first-order valence-corrected chi connectivity index (χ1v) is 6.61. The van der Waals surface area contributed by atoms with E-state index in [0.717, 1.165) is 6.07 Å². The number of hydrogen-bond donors (Lipinski definition) is 1. The minimum Gasteiger partial charge on any atom is -0.300 e. The van der Waals surface area contributed by atoms with Gasteiger partial charge in [0.2, 0.25) is 10.0 Å². The molecular weight excluding hydrogens is 243 g/mol. The van der Waals surface area contributed by atoms with Gasteiger partial charge in [-0.05, 0) is 40.1 Å². The summed E-state index contributed by atoms with van der Waals surface area (Å²) in [4.78, 5) is 1.63. The van der Waals surface area contributed by atoms with Crippen molar-refractivity contribution in [2.75, 3.05) is 14.1 Å². The fraction of sp³-hybridized carbons (Fsp3) is 0.455. The Morgan fingerprint density at radius 3 is 2.18 bits per heavy atom. The Kier molecular flexibility index (Phi) is 3.61. The van der Waals surface area contributed by atoms with Crippen molar-refractivity contribution in [3.05, 3.63) is 29.6 Å². The summed E-state index contributed by atoms with van der Waals surface area (Å²) in [5.74, 6) is -0.574. The second-order valence-corrected chi connectivity index (χ2v) is 6.20. The lowest BCUT2D eigenvalue weighted by atomic mass is 9.92. The van der Waals surface area contributed by atoms with Gasteiger partial charge in [-0.1, -0.05) is 6.07 Å². The maximum absolute atomic E-state index is 13.9. The summed E-state index contributed by atoms with van der Waals surface area (Å²) in [6.07, 6.45) is 0. The van der Waals surface area contributed by atoms with E-state index in [1.165, 1.54) is 12.1 Å². The highest BCUT2D eigenvalue weighted by Crippen LogP contribution is 2.28. The van der Waals surface area contributed by atoms with Gasteiger partial charge in [-0.3, -0.25) is 0 Å². The Labute approximate surface area is 101 Å². The molecule has 0 heterocycles. The van der Waals surface area contributed by atoms with Gasteiger partial charge in [-0.2, -0.15) is 0 Å². The molecule has 1 aromatic rings. The van der Waals surface area contributed by atoms with Crippen LogP contribution in [0.1, 0.15) is 19.4 Å². The van der Waals surface area contributed by atoms with Crippen LogP contribution in [0, 0.1) is 5.82 Å². The normalized spacial score (nSPS) is 13.1. The topological polar surface area (TPSA) is 63.4 Å². The standard InChI is InChI=1S/C11H17FN2O2S/c1-11(2,14(3)4)9-6-5-8(7-10(9)12)17(13,15)16/h5-7H,1-4H3,(H2,13,15,16). The molecule has 17 heavy (non-hydrogen) atoms. The molecule has 0 amide bonds. The SMILES string of the molecule is CN(C)C(C)(C)c1ccc(S(N)(=O)=O)cc1F. The van der Waals surface area contributed by atoms with E-state index in [9.17, 15) is 12.8 Å². The van der Waals surface area contributed by atoms with Gasteiger partial charge in [0.1, 0.15) is 5.82 Å². The van der Waals surface area contributed by atoms with Gasteiger partial charge < -0.3 is 4.90 Å². The average Bonchev–Trinajstić information content (AvgIpc) is 2.15. The number of sulfonamides is 1. The first-order chi connectivity index (χ1) is 7.56. The van der Waals surface area contributed by atoms with Crippen LogP contribution in [0.5, 0.6) is 0 Å². The van der Waals surface area contributed by atoms with E-state index in [4.69, 9.17) is 5.14 Å². The van der Waals surface area contributed by atoms with Crippen LogP contribution in [0.15, 0.2) is 23.1 Å². The third-order valence-electron chi connectivity index (χ3n) is 3.05. The van der Waals surface area contributed by atoms with Crippen LogP contribution in [-0.4, -0.2) is 27.4 Å². The van der Waals surface area contributed by atoms with Crippen molar-refractivity contribution >= 4 is 10.0 Å². The van der Waals surface area contributed by atoms with Crippen molar-refractivity contribution in [2.24, 2.45) is 5.14 Å². The number of halogens is 1. The smallest absolute Gasteiger partial charge is 0.238 e. The summed E-state index contributed by atoms with van der Waals surface area (Å²) in [6, 6.07) is 3.73. The van der Waals surface area contributed by atoms with E-state index in [0.29, 0.717) is 5.56 Å². The van der Waals surface area contributed by atoms with Crippen molar-refractivity contribution < 1.29 is 12.8 Å². The zero-order valence-electron chi connectivity index (χ0n) is 10.4. The molecule has 2 N–H and O–H groups in total. The molecule has 0 aliphatic carbocycles. The minimum atomic E-state index is -3.86. The highest BCUT2D eigenvalue weighted by molar-refractivity contribution is 7.89. The first kappa shape index (κ1) is 14.1. The molecule has 0 bridgehead atoms. The van der Waals surface area contributed by atoms with E-state index < -0.39 is 21.4 Å². The Morgan fingerprint density at radius 2 is 1.82 bits per heavy atom. The molecule has 0 aliphatic rings. The van der Waals surface area contributed by atoms with E-state index in [1.54, 1.807) is 0 Å². The molecule has 0 unspecified atom stereocenters. The third kappa shape index (κ3) is 2.83. The van der Waals surface area contributed by atoms with Crippen molar-refractivity contribution in [3.8, 4) is 0 Å². The largest absolute Gasteiger partial charge is 0.300 e. The number of nitrogens with two attached hydrogens (primary N) is 1. The van der Waals surface area contributed by atoms with Gasteiger partial charge in [0, 0.05) is 11.1 Å². The highest BCUT2D eigenvalue weighted by Gasteiger charge is 2.27. The van der Waals surface area contributed by atoms with Crippen molar-refractivity contribution in [2.45, 2.75) is 24.3 Å². The monoisotopic (exact) mass is 260 g/mol. The van der Waals surface area contributed by atoms with Gasteiger partial charge in [-0.25, -0.2) is 17.9 Å². The van der Waals surface area contributed by atoms with Gasteiger partial charge >= 0.3 is 0 Å². The summed E-state index contributed by atoms with van der Waals surface area (Å²) < 4.78 is 36.1. The quantitative estimate of drug-likeness (QED) is 0.890. The molecule has 0 saturated carbocycles. The van der Waals surface area contributed by atoms with Crippen molar-refractivity contribution in [1.29, 1.82) is 0 Å². The summed E-state index contributed by atoms with van der Waals surface area (Å²) in [5, 5.41) is 4.94. The minimum absolute atomic E-state index is 0.215. The molecule has 4 nitrogen and oxygen atoms in total. The molecule has 6 heteroatoms. The van der Waals surface area contributed by atoms with Gasteiger partial charge in [-0.15, -0.1) is 0 Å². The van der Waals surface area contributed by atoms with Gasteiger partial charge in [0.25, 0.3) is 0 Å². The van der Waals surface area contributed by atoms with Crippen LogP contribution >= 0.6 is 0 Å². The van der Waals surface area contributed by atoms with E-state index in [-0.39, 0.29) is 4.90 Å². The molecule has 96 valence electrons. The Hall–Kier alpha value is -0.980.